The lowest BCUT2D eigenvalue weighted by Gasteiger charge is -2.07. The van der Waals surface area contributed by atoms with Gasteiger partial charge in [-0.15, -0.1) is 23.1 Å². The normalized spacial score (nSPS) is 10.6. The lowest BCUT2D eigenvalue weighted by atomic mass is 10.3. The van der Waals surface area contributed by atoms with Crippen LogP contribution in [0.3, 0.4) is 0 Å². The van der Waals surface area contributed by atoms with Gasteiger partial charge in [-0.2, -0.15) is 0 Å². The van der Waals surface area contributed by atoms with E-state index in [1.807, 2.05) is 23.6 Å². The van der Waals surface area contributed by atoms with E-state index < -0.39 is 0 Å². The molecule has 112 valence electrons. The minimum Gasteiger partial charge on any atom is -0.398 e. The number of nitrogens with two attached hydrogens (primary N) is 1. The zero-order valence-corrected chi connectivity index (χ0v) is 15.0. The maximum Gasteiger partial charge on any atom is 0.228 e. The number of carbonyl (C=O) groups is 1. The zero-order valence-electron chi connectivity index (χ0n) is 11.8. The summed E-state index contributed by atoms with van der Waals surface area (Å²) >= 11 is 6.57. The first-order valence-corrected chi connectivity index (χ1v) is 8.93. The van der Waals surface area contributed by atoms with E-state index in [9.17, 15) is 4.79 Å². The highest BCUT2D eigenvalue weighted by Crippen LogP contribution is 2.30. The number of nitrogens with zero attached hydrogens (tertiary/aromatic N) is 2. The molecule has 0 saturated heterocycles. The van der Waals surface area contributed by atoms with E-state index in [0.29, 0.717) is 6.42 Å². The number of anilines is 1. The molecule has 2 rings (SSSR count). The quantitative estimate of drug-likeness (QED) is 0.632. The maximum atomic E-state index is 11.6. The van der Waals surface area contributed by atoms with E-state index in [2.05, 4.69) is 20.9 Å². The predicted octanol–water partition coefficient (Wildman–Crippen LogP) is 3.41. The summed E-state index contributed by atoms with van der Waals surface area (Å²) in [5.74, 6) is 0.819. The topological polar surface area (TPSA) is 59.2 Å². The van der Waals surface area contributed by atoms with Crippen molar-refractivity contribution in [1.29, 1.82) is 0 Å². The molecule has 7 heteroatoms. The SMILES string of the molecule is CN(C)C(=O)Cc1nc(CSc2ccc(Br)cc2N)cs1. The highest BCUT2D eigenvalue weighted by molar-refractivity contribution is 9.10. The molecule has 0 radical (unpaired) electrons. The summed E-state index contributed by atoms with van der Waals surface area (Å²) in [4.78, 5) is 18.8. The number of benzene rings is 1. The van der Waals surface area contributed by atoms with Crippen LogP contribution in [0.25, 0.3) is 0 Å². The summed E-state index contributed by atoms with van der Waals surface area (Å²) in [5.41, 5.74) is 7.71. The van der Waals surface area contributed by atoms with Crippen LogP contribution in [0.2, 0.25) is 0 Å². The van der Waals surface area contributed by atoms with Gasteiger partial charge >= 0.3 is 0 Å². The molecule has 0 fully saturated rings. The Balaban J connectivity index is 1.95. The van der Waals surface area contributed by atoms with Crippen LogP contribution in [-0.2, 0) is 17.0 Å². The van der Waals surface area contributed by atoms with Crippen molar-refractivity contribution in [1.82, 2.24) is 9.88 Å². The number of aromatic nitrogens is 1. The largest absolute Gasteiger partial charge is 0.398 e. The van der Waals surface area contributed by atoms with Crippen LogP contribution < -0.4 is 5.73 Å². The van der Waals surface area contributed by atoms with Gasteiger partial charge in [0.05, 0.1) is 12.1 Å². The monoisotopic (exact) mass is 385 g/mol. The number of hydrogen-bond acceptors (Lipinski definition) is 5. The molecule has 1 aromatic carbocycles. The van der Waals surface area contributed by atoms with Crippen LogP contribution in [-0.4, -0.2) is 29.9 Å². The van der Waals surface area contributed by atoms with E-state index in [0.717, 1.165) is 31.5 Å². The average molecular weight is 386 g/mol. The van der Waals surface area contributed by atoms with Crippen LogP contribution in [0.15, 0.2) is 32.9 Å². The Morgan fingerprint density at radius 1 is 1.48 bits per heavy atom. The standard InChI is InChI=1S/C14H16BrN3OS2/c1-18(2)14(19)6-13-17-10(8-21-13)7-20-12-4-3-9(15)5-11(12)16/h3-5,8H,6-7,16H2,1-2H3. The third-order valence-electron chi connectivity index (χ3n) is 2.75. The second-order valence-electron chi connectivity index (χ2n) is 4.67. The number of hydrogen-bond donors (Lipinski definition) is 1. The molecule has 0 bridgehead atoms. The second kappa shape index (κ2) is 7.29. The average Bonchev–Trinajstić information content (AvgIpc) is 2.85. The molecule has 0 aliphatic carbocycles. The van der Waals surface area contributed by atoms with Gasteiger partial charge < -0.3 is 10.6 Å². The zero-order chi connectivity index (χ0) is 15.4. The number of nitrogen functional groups attached to an aromatic ring is 1. The Bertz CT molecular complexity index is 643. The number of rotatable bonds is 5. The van der Waals surface area contributed by atoms with Gasteiger partial charge in [-0.1, -0.05) is 15.9 Å². The molecule has 2 aromatic rings. The Hall–Kier alpha value is -1.05. The van der Waals surface area contributed by atoms with Crippen LogP contribution in [0.5, 0.6) is 0 Å². The Labute approximate surface area is 140 Å². The number of likely N-dealkylation sites (N-methyl/N-ethyl adjacent to an activating group) is 1. The number of thiazole rings is 1. The summed E-state index contributed by atoms with van der Waals surface area (Å²) in [6.07, 6.45) is 0.364. The fraction of sp³-hybridized carbons (Fsp3) is 0.286. The van der Waals surface area contributed by atoms with Gasteiger partial charge in [0.1, 0.15) is 5.01 Å². The van der Waals surface area contributed by atoms with E-state index in [-0.39, 0.29) is 5.91 Å². The van der Waals surface area contributed by atoms with Crippen molar-refractivity contribution in [3.8, 4) is 0 Å². The lowest BCUT2D eigenvalue weighted by Crippen LogP contribution is -2.23. The summed E-state index contributed by atoms with van der Waals surface area (Å²) in [5, 5.41) is 2.86. The molecule has 0 unspecified atom stereocenters. The van der Waals surface area contributed by atoms with Crippen LogP contribution in [0.1, 0.15) is 10.7 Å². The maximum absolute atomic E-state index is 11.6. The van der Waals surface area contributed by atoms with Crippen molar-refractivity contribution < 1.29 is 4.79 Å². The van der Waals surface area contributed by atoms with E-state index in [4.69, 9.17) is 5.73 Å². The molecule has 1 heterocycles. The summed E-state index contributed by atoms with van der Waals surface area (Å²) < 4.78 is 0.975. The van der Waals surface area contributed by atoms with Crippen molar-refractivity contribution in [2.45, 2.75) is 17.1 Å². The van der Waals surface area contributed by atoms with Gasteiger partial charge in [0, 0.05) is 40.3 Å². The highest BCUT2D eigenvalue weighted by Gasteiger charge is 2.10. The molecule has 1 amide bonds. The van der Waals surface area contributed by atoms with Crippen molar-refractivity contribution in [2.24, 2.45) is 0 Å². The number of halogens is 1. The van der Waals surface area contributed by atoms with Crippen molar-refractivity contribution in [2.75, 3.05) is 19.8 Å². The van der Waals surface area contributed by atoms with Crippen LogP contribution in [0.4, 0.5) is 5.69 Å². The fourth-order valence-electron chi connectivity index (χ4n) is 1.59. The molecular formula is C14H16BrN3OS2. The third-order valence-corrected chi connectivity index (χ3v) is 5.26. The van der Waals surface area contributed by atoms with Gasteiger partial charge in [-0.25, -0.2) is 4.98 Å². The van der Waals surface area contributed by atoms with Gasteiger partial charge in [-0.05, 0) is 18.2 Å². The first-order chi connectivity index (χ1) is 9.95. The Morgan fingerprint density at radius 3 is 2.90 bits per heavy atom. The van der Waals surface area contributed by atoms with Crippen molar-refractivity contribution in [3.63, 3.8) is 0 Å². The second-order valence-corrected chi connectivity index (χ2v) is 7.54. The van der Waals surface area contributed by atoms with Crippen molar-refractivity contribution >= 4 is 50.6 Å². The van der Waals surface area contributed by atoms with Crippen molar-refractivity contribution in [3.05, 3.63) is 38.8 Å². The fourth-order valence-corrected chi connectivity index (χ4v) is 3.70. The molecule has 1 aromatic heterocycles. The first kappa shape index (κ1) is 16.3. The summed E-state index contributed by atoms with van der Waals surface area (Å²) in [6.45, 7) is 0. The Morgan fingerprint density at radius 2 is 2.24 bits per heavy atom. The summed E-state index contributed by atoms with van der Waals surface area (Å²) in [7, 11) is 3.51. The lowest BCUT2D eigenvalue weighted by molar-refractivity contribution is -0.127. The van der Waals surface area contributed by atoms with E-state index in [1.54, 1.807) is 30.8 Å². The molecule has 21 heavy (non-hydrogen) atoms. The van der Waals surface area contributed by atoms with E-state index >= 15 is 0 Å². The highest BCUT2D eigenvalue weighted by atomic mass is 79.9. The van der Waals surface area contributed by atoms with E-state index in [1.165, 1.54) is 11.3 Å². The minimum absolute atomic E-state index is 0.0701. The smallest absolute Gasteiger partial charge is 0.228 e. The third kappa shape index (κ3) is 4.72. The molecule has 2 N–H and O–H groups in total. The van der Waals surface area contributed by atoms with Crippen LogP contribution >= 0.6 is 39.0 Å². The molecule has 0 aliphatic heterocycles. The summed E-state index contributed by atoms with van der Waals surface area (Å²) in [6, 6.07) is 5.86. The van der Waals surface area contributed by atoms with Gasteiger partial charge in [0.15, 0.2) is 0 Å². The molecule has 0 saturated carbocycles. The number of thioether (sulfide) groups is 1. The number of carbonyl (C=O) groups excluding carboxylic acids is 1. The number of amides is 1. The van der Waals surface area contributed by atoms with Gasteiger partial charge in [0.2, 0.25) is 5.91 Å². The molecule has 0 aliphatic rings. The van der Waals surface area contributed by atoms with Gasteiger partial charge in [-0.3, -0.25) is 4.79 Å². The molecular weight excluding hydrogens is 370 g/mol. The minimum atomic E-state index is 0.0701. The Kier molecular flexibility index (Phi) is 5.66. The van der Waals surface area contributed by atoms with Crippen LogP contribution in [0, 0.1) is 0 Å². The first-order valence-electron chi connectivity index (χ1n) is 6.27. The molecule has 4 nitrogen and oxygen atoms in total. The molecule has 0 atom stereocenters. The predicted molar refractivity (Wildman–Crippen MR) is 92.6 cm³/mol. The molecule has 0 spiro atoms. The van der Waals surface area contributed by atoms with Gasteiger partial charge in [0.25, 0.3) is 0 Å².